The van der Waals surface area contributed by atoms with Gasteiger partial charge in [-0.3, -0.25) is 9.36 Å². The predicted octanol–water partition coefficient (Wildman–Crippen LogP) is 5.20. The molecule has 0 aliphatic heterocycles. The summed E-state index contributed by atoms with van der Waals surface area (Å²) in [4.78, 5) is 13.1. The second-order valence-corrected chi connectivity index (χ2v) is 9.17. The molecule has 32 heavy (non-hydrogen) atoms. The first kappa shape index (κ1) is 20.6. The van der Waals surface area contributed by atoms with Crippen LogP contribution in [0.2, 0.25) is 0 Å². The van der Waals surface area contributed by atoms with Crippen molar-refractivity contribution in [1.82, 2.24) is 20.1 Å². The van der Waals surface area contributed by atoms with E-state index in [1.54, 1.807) is 6.26 Å². The smallest absolute Gasteiger partial charge is 0.233 e. The van der Waals surface area contributed by atoms with Crippen molar-refractivity contribution < 1.29 is 9.21 Å². The Kier molecular flexibility index (Phi) is 5.81. The van der Waals surface area contributed by atoms with Crippen LogP contribution in [-0.2, 0) is 11.2 Å². The zero-order valence-electron chi connectivity index (χ0n) is 17.8. The number of fused-ring (bicyclic) bond motifs is 1. The topological polar surface area (TPSA) is 73.0 Å². The van der Waals surface area contributed by atoms with E-state index in [9.17, 15) is 4.79 Å². The molecule has 2 aromatic heterocycles. The van der Waals surface area contributed by atoms with Crippen LogP contribution in [0.25, 0.3) is 17.3 Å². The van der Waals surface area contributed by atoms with E-state index in [-0.39, 0.29) is 17.2 Å². The molecule has 2 atom stereocenters. The van der Waals surface area contributed by atoms with Crippen LogP contribution in [0.15, 0.2) is 82.6 Å². The molecule has 6 nitrogen and oxygen atoms in total. The summed E-state index contributed by atoms with van der Waals surface area (Å²) >= 11 is 1.40. The lowest BCUT2D eigenvalue weighted by Crippen LogP contribution is -2.36. The number of rotatable bonds is 6. The van der Waals surface area contributed by atoms with Gasteiger partial charge < -0.3 is 9.73 Å². The minimum Gasteiger partial charge on any atom is -0.461 e. The first-order valence-electron chi connectivity index (χ1n) is 10.8. The average molecular weight is 445 g/mol. The fourth-order valence-electron chi connectivity index (χ4n) is 4.13. The van der Waals surface area contributed by atoms with Crippen molar-refractivity contribution in [1.29, 1.82) is 0 Å². The van der Waals surface area contributed by atoms with Crippen LogP contribution in [0.5, 0.6) is 0 Å². The maximum absolute atomic E-state index is 13.1. The highest BCUT2D eigenvalue weighted by Crippen LogP contribution is 2.32. The van der Waals surface area contributed by atoms with Gasteiger partial charge in [0, 0.05) is 5.69 Å². The van der Waals surface area contributed by atoms with E-state index >= 15 is 0 Å². The van der Waals surface area contributed by atoms with Gasteiger partial charge in [-0.2, -0.15) is 0 Å². The number of nitrogens with one attached hydrogen (secondary N) is 1. The maximum atomic E-state index is 13.1. The summed E-state index contributed by atoms with van der Waals surface area (Å²) in [7, 11) is 0. The summed E-state index contributed by atoms with van der Waals surface area (Å²) in [5.74, 6) is 1.24. The summed E-state index contributed by atoms with van der Waals surface area (Å²) in [6.45, 7) is 1.91. The van der Waals surface area contributed by atoms with Crippen molar-refractivity contribution >= 4 is 17.7 Å². The third-order valence-electron chi connectivity index (χ3n) is 5.73. The molecule has 1 aliphatic rings. The number of hydrogen-bond acceptors (Lipinski definition) is 5. The molecule has 0 spiro atoms. The predicted molar refractivity (Wildman–Crippen MR) is 125 cm³/mol. The standard InChI is InChI=1S/C25H24N4O2S/c1-17(24(30)26-21-14-7-10-18-9-5-6-13-20(18)21)32-25-28-27-23(22-15-8-16-31-22)29(25)19-11-3-2-4-12-19/h2-6,8-9,11-13,15-17,21H,7,10,14H2,1H3,(H,26,30). The molecule has 1 N–H and O–H groups in total. The lowest BCUT2D eigenvalue weighted by atomic mass is 9.88. The van der Waals surface area contributed by atoms with Gasteiger partial charge in [-0.05, 0) is 61.6 Å². The van der Waals surface area contributed by atoms with Crippen molar-refractivity contribution in [3.8, 4) is 17.3 Å². The van der Waals surface area contributed by atoms with Gasteiger partial charge in [0.25, 0.3) is 0 Å². The van der Waals surface area contributed by atoms with Gasteiger partial charge in [0.15, 0.2) is 10.9 Å². The summed E-state index contributed by atoms with van der Waals surface area (Å²) < 4.78 is 7.50. The lowest BCUT2D eigenvalue weighted by Gasteiger charge is -2.27. The Hall–Kier alpha value is -3.32. The van der Waals surface area contributed by atoms with Gasteiger partial charge in [-0.15, -0.1) is 10.2 Å². The van der Waals surface area contributed by atoms with Crippen molar-refractivity contribution in [3.63, 3.8) is 0 Å². The van der Waals surface area contributed by atoms with Gasteiger partial charge in [0.05, 0.1) is 17.6 Å². The number of para-hydroxylation sites is 1. The SMILES string of the molecule is CC(Sc1nnc(-c2ccco2)n1-c1ccccc1)C(=O)NC1CCCc2ccccc21. The molecule has 0 fully saturated rings. The second kappa shape index (κ2) is 9.04. The Morgan fingerprint density at radius 3 is 2.72 bits per heavy atom. The number of benzene rings is 2. The third-order valence-corrected chi connectivity index (χ3v) is 6.77. The van der Waals surface area contributed by atoms with Crippen LogP contribution >= 0.6 is 11.8 Å². The number of aryl methyl sites for hydroxylation is 1. The van der Waals surface area contributed by atoms with Crippen molar-refractivity contribution in [2.75, 3.05) is 0 Å². The molecule has 0 saturated carbocycles. The van der Waals surface area contributed by atoms with Crippen LogP contribution in [0.3, 0.4) is 0 Å². The average Bonchev–Trinajstić information content (AvgIpc) is 3.50. The molecule has 162 valence electrons. The molecule has 0 radical (unpaired) electrons. The van der Waals surface area contributed by atoms with E-state index < -0.39 is 0 Å². The molecule has 1 amide bonds. The van der Waals surface area contributed by atoms with Crippen molar-refractivity contribution in [2.45, 2.75) is 42.6 Å². The van der Waals surface area contributed by atoms with Gasteiger partial charge in [-0.25, -0.2) is 0 Å². The van der Waals surface area contributed by atoms with Crippen LogP contribution < -0.4 is 5.32 Å². The second-order valence-electron chi connectivity index (χ2n) is 7.87. The fourth-order valence-corrected chi connectivity index (χ4v) is 5.00. The van der Waals surface area contributed by atoms with Gasteiger partial charge >= 0.3 is 0 Å². The molecular formula is C25H24N4O2S. The Morgan fingerprint density at radius 1 is 1.09 bits per heavy atom. The summed E-state index contributed by atoms with van der Waals surface area (Å²) in [6.07, 6.45) is 4.73. The van der Waals surface area contributed by atoms with Crippen LogP contribution in [-0.4, -0.2) is 25.9 Å². The Bertz CT molecular complexity index is 1200. The minimum absolute atomic E-state index is 0.00105. The van der Waals surface area contributed by atoms with Gasteiger partial charge in [0.2, 0.25) is 11.7 Å². The lowest BCUT2D eigenvalue weighted by molar-refractivity contribution is -0.121. The van der Waals surface area contributed by atoms with Gasteiger partial charge in [-0.1, -0.05) is 54.2 Å². The van der Waals surface area contributed by atoms with Crippen LogP contribution in [0.4, 0.5) is 0 Å². The zero-order valence-corrected chi connectivity index (χ0v) is 18.6. The molecule has 2 heterocycles. The minimum atomic E-state index is -0.333. The number of furan rings is 1. The molecule has 0 bridgehead atoms. The third kappa shape index (κ3) is 4.08. The van der Waals surface area contributed by atoms with E-state index in [1.807, 2.05) is 60.0 Å². The Morgan fingerprint density at radius 2 is 1.91 bits per heavy atom. The number of carbonyl (C=O) groups is 1. The largest absolute Gasteiger partial charge is 0.461 e. The van der Waals surface area contributed by atoms with E-state index in [4.69, 9.17) is 4.42 Å². The monoisotopic (exact) mass is 444 g/mol. The summed E-state index contributed by atoms with van der Waals surface area (Å²) in [5, 5.41) is 12.3. The maximum Gasteiger partial charge on any atom is 0.233 e. The quantitative estimate of drug-likeness (QED) is 0.414. The number of hydrogen-bond donors (Lipinski definition) is 1. The number of carbonyl (C=O) groups excluding carboxylic acids is 1. The highest BCUT2D eigenvalue weighted by Gasteiger charge is 2.26. The number of aromatic nitrogens is 3. The van der Waals surface area contributed by atoms with Crippen LogP contribution in [0, 0.1) is 0 Å². The van der Waals surface area contributed by atoms with Crippen molar-refractivity contribution in [2.24, 2.45) is 0 Å². The highest BCUT2D eigenvalue weighted by molar-refractivity contribution is 8.00. The summed E-state index contributed by atoms with van der Waals surface area (Å²) in [5.41, 5.74) is 3.48. The number of thioether (sulfide) groups is 1. The Labute approximate surface area is 191 Å². The van der Waals surface area contributed by atoms with E-state index in [0.29, 0.717) is 16.7 Å². The highest BCUT2D eigenvalue weighted by atomic mass is 32.2. The van der Waals surface area contributed by atoms with E-state index in [2.05, 4.69) is 33.7 Å². The molecule has 0 saturated heterocycles. The molecule has 2 aromatic carbocycles. The normalized spacial score (nSPS) is 16.3. The first-order valence-corrected chi connectivity index (χ1v) is 11.7. The number of amides is 1. The Balaban J connectivity index is 1.38. The van der Waals surface area contributed by atoms with Crippen LogP contribution in [0.1, 0.15) is 36.9 Å². The molecule has 7 heteroatoms. The van der Waals surface area contributed by atoms with E-state index in [0.717, 1.165) is 24.9 Å². The fraction of sp³-hybridized carbons (Fsp3) is 0.240. The first-order chi connectivity index (χ1) is 15.7. The molecule has 2 unspecified atom stereocenters. The molecule has 4 aromatic rings. The zero-order chi connectivity index (χ0) is 21.9. The molecule has 5 rings (SSSR count). The number of nitrogens with zero attached hydrogens (tertiary/aromatic N) is 3. The molecular weight excluding hydrogens is 420 g/mol. The summed E-state index contributed by atoms with van der Waals surface area (Å²) in [6, 6.07) is 22.0. The molecule has 1 aliphatic carbocycles. The van der Waals surface area contributed by atoms with E-state index in [1.165, 1.54) is 22.9 Å². The van der Waals surface area contributed by atoms with Gasteiger partial charge in [0.1, 0.15) is 0 Å². The van der Waals surface area contributed by atoms with Crippen molar-refractivity contribution in [3.05, 3.63) is 84.1 Å².